The van der Waals surface area contributed by atoms with Gasteiger partial charge in [0.1, 0.15) is 7.11 Å². The lowest BCUT2D eigenvalue weighted by atomic mass is 10.3. The third-order valence-corrected chi connectivity index (χ3v) is 2.17. The van der Waals surface area contributed by atoms with Gasteiger partial charge < -0.3 is 4.84 Å². The van der Waals surface area contributed by atoms with Crippen LogP contribution in [-0.2, 0) is 4.79 Å². The summed E-state index contributed by atoms with van der Waals surface area (Å²) in [7, 11) is 1.33. The molecule has 0 fully saturated rings. The van der Waals surface area contributed by atoms with Crippen LogP contribution in [0.25, 0.3) is 0 Å². The van der Waals surface area contributed by atoms with Gasteiger partial charge in [0.15, 0.2) is 12.0 Å². The van der Waals surface area contributed by atoms with Crippen LogP contribution >= 0.6 is 23.2 Å². The summed E-state index contributed by atoms with van der Waals surface area (Å²) in [6.45, 7) is 0. The molecule has 70 valence electrons. The van der Waals surface area contributed by atoms with Crippen molar-refractivity contribution in [2.24, 2.45) is 0 Å². The highest BCUT2D eigenvalue weighted by Crippen LogP contribution is 2.27. The minimum atomic E-state index is -0.779. The molecule has 0 radical (unpaired) electrons. The topological polar surface area (TPSA) is 48.3 Å². The normalized spacial score (nSPS) is 9.77. The molecule has 13 heavy (non-hydrogen) atoms. The first-order valence-electron chi connectivity index (χ1n) is 3.22. The van der Waals surface area contributed by atoms with E-state index in [1.165, 1.54) is 13.3 Å². The number of halogens is 2. The van der Waals surface area contributed by atoms with Crippen molar-refractivity contribution in [1.82, 2.24) is 4.73 Å². The molecule has 1 aromatic rings. The van der Waals surface area contributed by atoms with Gasteiger partial charge in [0, 0.05) is 0 Å². The molecular weight excluding hydrogens is 217 g/mol. The van der Waals surface area contributed by atoms with Crippen molar-refractivity contribution >= 4 is 35.3 Å². The molecule has 6 heteroatoms. The van der Waals surface area contributed by atoms with Gasteiger partial charge >= 0.3 is 0 Å². The van der Waals surface area contributed by atoms with Gasteiger partial charge in [0.2, 0.25) is 5.78 Å². The minimum Gasteiger partial charge on any atom is -0.417 e. The fourth-order valence-electron chi connectivity index (χ4n) is 0.851. The maximum atomic E-state index is 11.0. The Balaban J connectivity index is 3.31. The second kappa shape index (κ2) is 3.81. The van der Waals surface area contributed by atoms with E-state index in [2.05, 4.69) is 0 Å². The van der Waals surface area contributed by atoms with Gasteiger partial charge in [0.05, 0.1) is 16.2 Å². The molecule has 0 aromatic carbocycles. The van der Waals surface area contributed by atoms with E-state index in [0.717, 1.165) is 4.73 Å². The third kappa shape index (κ3) is 1.68. The van der Waals surface area contributed by atoms with Gasteiger partial charge in [-0.2, -0.15) is 4.73 Å². The molecule has 0 aliphatic rings. The molecule has 0 aliphatic heterocycles. The first kappa shape index (κ1) is 10.1. The molecule has 0 amide bonds. The standard InChI is InChI=1S/C7H5Cl2NO3/c1-13-10-2-4(8)6(9)7(10)5(12)3-11/h2-3H,1H3. The Morgan fingerprint density at radius 1 is 1.62 bits per heavy atom. The fraction of sp³-hybridized carbons (Fsp3) is 0.143. The number of aldehydes is 1. The summed E-state index contributed by atoms with van der Waals surface area (Å²) in [5, 5.41) is 0.175. The Morgan fingerprint density at radius 3 is 2.69 bits per heavy atom. The molecule has 1 rings (SSSR count). The average Bonchev–Trinajstić information content (AvgIpc) is 2.42. The predicted octanol–water partition coefficient (Wildman–Crippen LogP) is 1.23. The zero-order chi connectivity index (χ0) is 10.0. The second-order valence-corrected chi connectivity index (χ2v) is 2.92. The number of carbonyl (C=O) groups excluding carboxylic acids is 2. The van der Waals surface area contributed by atoms with E-state index >= 15 is 0 Å². The van der Waals surface area contributed by atoms with Crippen LogP contribution in [0.3, 0.4) is 0 Å². The summed E-state index contributed by atoms with van der Waals surface area (Å²) < 4.78 is 1.04. The zero-order valence-corrected chi connectivity index (χ0v) is 8.09. The van der Waals surface area contributed by atoms with Crippen molar-refractivity contribution in [2.45, 2.75) is 0 Å². The number of hydrogen-bond acceptors (Lipinski definition) is 3. The zero-order valence-electron chi connectivity index (χ0n) is 6.58. The van der Waals surface area contributed by atoms with Crippen molar-refractivity contribution in [2.75, 3.05) is 7.11 Å². The van der Waals surface area contributed by atoms with E-state index in [4.69, 9.17) is 28.0 Å². The molecule has 0 aliphatic carbocycles. The number of carbonyl (C=O) groups is 2. The molecule has 0 bridgehead atoms. The van der Waals surface area contributed by atoms with Crippen LogP contribution < -0.4 is 4.84 Å². The Kier molecular flexibility index (Phi) is 2.95. The monoisotopic (exact) mass is 221 g/mol. The Hall–Kier alpha value is -1.00. The number of aromatic nitrogens is 1. The maximum absolute atomic E-state index is 11.0. The summed E-state index contributed by atoms with van der Waals surface area (Å²) in [6.07, 6.45) is 1.45. The second-order valence-electron chi connectivity index (χ2n) is 2.13. The molecule has 1 aromatic heterocycles. The largest absolute Gasteiger partial charge is 0.417 e. The Labute approximate surface area is 83.9 Å². The van der Waals surface area contributed by atoms with E-state index in [9.17, 15) is 9.59 Å². The number of nitrogens with zero attached hydrogens (tertiary/aromatic N) is 1. The highest BCUT2D eigenvalue weighted by Gasteiger charge is 2.19. The van der Waals surface area contributed by atoms with Crippen molar-refractivity contribution in [1.29, 1.82) is 0 Å². The molecule has 0 N–H and O–H groups in total. The van der Waals surface area contributed by atoms with Gasteiger partial charge in [-0.1, -0.05) is 23.2 Å². The lowest BCUT2D eigenvalue weighted by molar-refractivity contribution is -0.104. The summed E-state index contributed by atoms with van der Waals surface area (Å²) >= 11 is 11.3. The van der Waals surface area contributed by atoms with Gasteiger partial charge in [-0.3, -0.25) is 9.59 Å². The summed E-state index contributed by atoms with van der Waals surface area (Å²) in [6, 6.07) is 0. The van der Waals surface area contributed by atoms with Crippen molar-refractivity contribution in [3.05, 3.63) is 21.9 Å². The Morgan fingerprint density at radius 2 is 2.23 bits per heavy atom. The first-order chi connectivity index (χ1) is 6.11. The summed E-state index contributed by atoms with van der Waals surface area (Å²) in [4.78, 5) is 26.0. The van der Waals surface area contributed by atoms with Crippen molar-refractivity contribution < 1.29 is 14.4 Å². The van der Waals surface area contributed by atoms with Gasteiger partial charge in [0.25, 0.3) is 0 Å². The molecule has 0 spiro atoms. The van der Waals surface area contributed by atoms with E-state index in [0.29, 0.717) is 0 Å². The Bertz CT molecular complexity index is 359. The fourth-order valence-corrected chi connectivity index (χ4v) is 1.25. The highest BCUT2D eigenvalue weighted by molar-refractivity contribution is 6.46. The van der Waals surface area contributed by atoms with Gasteiger partial charge in [-0.05, 0) is 0 Å². The highest BCUT2D eigenvalue weighted by atomic mass is 35.5. The van der Waals surface area contributed by atoms with Gasteiger partial charge in [-0.15, -0.1) is 0 Å². The molecule has 0 saturated carbocycles. The van der Waals surface area contributed by atoms with Crippen molar-refractivity contribution in [3.63, 3.8) is 0 Å². The van der Waals surface area contributed by atoms with Crippen LogP contribution in [0.4, 0.5) is 0 Å². The van der Waals surface area contributed by atoms with Crippen LogP contribution in [-0.4, -0.2) is 23.9 Å². The van der Waals surface area contributed by atoms with Crippen LogP contribution in [0, 0.1) is 0 Å². The predicted molar refractivity (Wildman–Crippen MR) is 47.4 cm³/mol. The first-order valence-corrected chi connectivity index (χ1v) is 3.97. The average molecular weight is 222 g/mol. The molecule has 0 atom stereocenters. The molecular formula is C7H5Cl2NO3. The number of hydrogen-bond donors (Lipinski definition) is 0. The van der Waals surface area contributed by atoms with Crippen LogP contribution in [0.15, 0.2) is 6.20 Å². The van der Waals surface area contributed by atoms with Crippen molar-refractivity contribution in [3.8, 4) is 0 Å². The SMILES string of the molecule is COn1cc(Cl)c(Cl)c1C(=O)C=O. The van der Waals surface area contributed by atoms with E-state index in [1.54, 1.807) is 0 Å². The number of ketones is 1. The molecule has 4 nitrogen and oxygen atoms in total. The minimum absolute atomic E-state index is 0.0145. The summed E-state index contributed by atoms with van der Waals surface area (Å²) in [5.74, 6) is -0.779. The number of Topliss-reactive ketones (excluding diaryl/α,β-unsaturated/α-hetero) is 1. The summed E-state index contributed by atoms with van der Waals surface area (Å²) in [5.41, 5.74) is -0.0656. The lowest BCUT2D eigenvalue weighted by Crippen LogP contribution is -2.14. The smallest absolute Gasteiger partial charge is 0.246 e. The lowest BCUT2D eigenvalue weighted by Gasteiger charge is -2.02. The van der Waals surface area contributed by atoms with E-state index in [1.807, 2.05) is 0 Å². The molecule has 0 saturated heterocycles. The van der Waals surface area contributed by atoms with Crippen LogP contribution in [0.2, 0.25) is 10.0 Å². The van der Waals surface area contributed by atoms with E-state index < -0.39 is 5.78 Å². The van der Waals surface area contributed by atoms with Crippen LogP contribution in [0.5, 0.6) is 0 Å². The van der Waals surface area contributed by atoms with Crippen LogP contribution in [0.1, 0.15) is 10.5 Å². The maximum Gasteiger partial charge on any atom is 0.246 e. The molecule has 1 heterocycles. The van der Waals surface area contributed by atoms with Gasteiger partial charge in [-0.25, -0.2) is 0 Å². The molecule has 0 unspecified atom stereocenters. The number of rotatable bonds is 3. The quantitative estimate of drug-likeness (QED) is 0.439. The van der Waals surface area contributed by atoms with E-state index in [-0.39, 0.29) is 22.0 Å². The third-order valence-electron chi connectivity index (χ3n) is 1.41.